The maximum atomic E-state index is 12.5. The number of nitrogens with zero attached hydrogens (tertiary/aromatic N) is 2. The molecule has 1 aliphatic carbocycles. The van der Waals surface area contributed by atoms with E-state index in [9.17, 15) is 4.79 Å². The number of aromatic nitrogens is 2. The largest absolute Gasteiger partial charge is 0.330 e. The molecule has 0 spiro atoms. The number of imidazole rings is 1. The summed E-state index contributed by atoms with van der Waals surface area (Å²) in [6.07, 6.45) is 4.91. The summed E-state index contributed by atoms with van der Waals surface area (Å²) >= 11 is 0. The Hall–Kier alpha value is -2.08. The van der Waals surface area contributed by atoms with Crippen molar-refractivity contribution in [3.8, 4) is 5.69 Å². The molecule has 0 aliphatic heterocycles. The third-order valence-corrected chi connectivity index (χ3v) is 5.17. The summed E-state index contributed by atoms with van der Waals surface area (Å²) in [5.41, 5.74) is 9.66. The van der Waals surface area contributed by atoms with E-state index in [1.807, 2.05) is 59.4 Å². The number of hydrogen-bond donors (Lipinski definition) is 2. The molecule has 7 heteroatoms. The number of halogens is 2. The molecule has 1 heterocycles. The Labute approximate surface area is 171 Å². The minimum absolute atomic E-state index is 0. The second-order valence-corrected chi connectivity index (χ2v) is 6.67. The molecule has 27 heavy (non-hydrogen) atoms. The maximum absolute atomic E-state index is 12.5. The molecular weight excluding hydrogens is 383 g/mol. The molecule has 1 saturated carbocycles. The highest BCUT2D eigenvalue weighted by atomic mass is 35.5. The van der Waals surface area contributed by atoms with Gasteiger partial charge in [-0.25, -0.2) is 4.98 Å². The molecule has 2 atom stereocenters. The van der Waals surface area contributed by atoms with E-state index in [2.05, 4.69) is 10.3 Å². The Morgan fingerprint density at radius 1 is 1.11 bits per heavy atom. The SMILES string of the molecule is Cl.Cl.NC[C@H]1CCC[C@H]1C(=O)Nc1ccc(-n2cnc3ccccc32)cc1. The monoisotopic (exact) mass is 406 g/mol. The molecule has 0 saturated heterocycles. The molecule has 1 aliphatic rings. The van der Waals surface area contributed by atoms with Crippen LogP contribution in [0.25, 0.3) is 16.7 Å². The zero-order valence-electron chi connectivity index (χ0n) is 14.9. The first-order valence-corrected chi connectivity index (χ1v) is 8.80. The Morgan fingerprint density at radius 3 is 2.59 bits per heavy atom. The van der Waals surface area contributed by atoms with Crippen molar-refractivity contribution in [2.45, 2.75) is 19.3 Å². The van der Waals surface area contributed by atoms with Gasteiger partial charge in [0.2, 0.25) is 5.91 Å². The number of para-hydroxylation sites is 2. The van der Waals surface area contributed by atoms with Gasteiger partial charge in [-0.2, -0.15) is 0 Å². The predicted molar refractivity (Wildman–Crippen MR) is 114 cm³/mol. The van der Waals surface area contributed by atoms with Crippen LogP contribution < -0.4 is 11.1 Å². The van der Waals surface area contributed by atoms with E-state index in [1.165, 1.54) is 0 Å². The standard InChI is InChI=1S/C20H22N4O.2ClH/c21-12-14-4-3-5-17(14)20(25)23-15-8-10-16(11-9-15)24-13-22-18-6-1-2-7-19(18)24;;/h1-2,6-11,13-14,17H,3-5,12,21H2,(H,23,25);2*1H/t14-,17-;;/m1../s1. The van der Waals surface area contributed by atoms with Crippen molar-refractivity contribution >= 4 is 47.4 Å². The van der Waals surface area contributed by atoms with Gasteiger partial charge >= 0.3 is 0 Å². The molecule has 4 rings (SSSR count). The van der Waals surface area contributed by atoms with Gasteiger partial charge in [0.05, 0.1) is 11.0 Å². The minimum Gasteiger partial charge on any atom is -0.330 e. The van der Waals surface area contributed by atoms with Crippen LogP contribution in [-0.2, 0) is 4.79 Å². The van der Waals surface area contributed by atoms with E-state index in [0.717, 1.165) is 41.7 Å². The molecule has 3 aromatic rings. The number of hydrogen-bond acceptors (Lipinski definition) is 3. The van der Waals surface area contributed by atoms with Gasteiger partial charge in [-0.3, -0.25) is 9.36 Å². The Balaban J connectivity index is 0.00000131. The predicted octanol–water partition coefficient (Wildman–Crippen LogP) is 4.18. The molecule has 1 fully saturated rings. The number of anilines is 1. The number of carbonyl (C=O) groups is 1. The van der Waals surface area contributed by atoms with Gasteiger partial charge in [0, 0.05) is 17.3 Å². The van der Waals surface area contributed by atoms with Gasteiger partial charge in [-0.05, 0) is 61.7 Å². The Kier molecular flexibility index (Phi) is 7.25. The quantitative estimate of drug-likeness (QED) is 0.682. The number of rotatable bonds is 4. The molecule has 144 valence electrons. The van der Waals surface area contributed by atoms with Crippen LogP contribution in [0, 0.1) is 11.8 Å². The van der Waals surface area contributed by atoms with Crippen molar-refractivity contribution in [2.75, 3.05) is 11.9 Å². The lowest BCUT2D eigenvalue weighted by Gasteiger charge is -2.17. The topological polar surface area (TPSA) is 72.9 Å². The van der Waals surface area contributed by atoms with Crippen molar-refractivity contribution in [2.24, 2.45) is 17.6 Å². The second-order valence-electron chi connectivity index (χ2n) is 6.67. The number of nitrogens with one attached hydrogen (secondary N) is 1. The highest BCUT2D eigenvalue weighted by Gasteiger charge is 2.31. The Morgan fingerprint density at radius 2 is 1.85 bits per heavy atom. The summed E-state index contributed by atoms with van der Waals surface area (Å²) in [7, 11) is 0. The first kappa shape index (κ1) is 21.2. The van der Waals surface area contributed by atoms with Crippen molar-refractivity contribution in [1.29, 1.82) is 0 Å². The van der Waals surface area contributed by atoms with E-state index >= 15 is 0 Å². The number of carbonyl (C=O) groups excluding carboxylic acids is 1. The van der Waals surface area contributed by atoms with Gasteiger partial charge in [-0.1, -0.05) is 18.6 Å². The van der Waals surface area contributed by atoms with Gasteiger partial charge in [-0.15, -0.1) is 24.8 Å². The van der Waals surface area contributed by atoms with Crippen molar-refractivity contribution in [1.82, 2.24) is 9.55 Å². The van der Waals surface area contributed by atoms with Crippen molar-refractivity contribution < 1.29 is 4.79 Å². The summed E-state index contributed by atoms with van der Waals surface area (Å²) in [5.74, 6) is 0.452. The molecule has 3 N–H and O–H groups in total. The summed E-state index contributed by atoms with van der Waals surface area (Å²) in [6.45, 7) is 0.588. The Bertz CT molecular complexity index is 894. The molecule has 0 bridgehead atoms. The highest BCUT2D eigenvalue weighted by molar-refractivity contribution is 5.93. The van der Waals surface area contributed by atoms with Crippen molar-refractivity contribution in [3.05, 3.63) is 54.9 Å². The van der Waals surface area contributed by atoms with Gasteiger partial charge in [0.1, 0.15) is 6.33 Å². The summed E-state index contributed by atoms with van der Waals surface area (Å²) in [6, 6.07) is 15.9. The fraction of sp³-hybridized carbons (Fsp3) is 0.300. The smallest absolute Gasteiger partial charge is 0.227 e. The number of amides is 1. The van der Waals surface area contributed by atoms with Crippen molar-refractivity contribution in [3.63, 3.8) is 0 Å². The number of benzene rings is 2. The molecule has 1 amide bonds. The van der Waals surface area contributed by atoms with Crippen LogP contribution >= 0.6 is 24.8 Å². The number of fused-ring (bicyclic) bond motifs is 1. The van der Waals surface area contributed by atoms with E-state index in [4.69, 9.17) is 5.73 Å². The first-order valence-electron chi connectivity index (χ1n) is 8.80. The molecule has 0 radical (unpaired) electrons. The van der Waals surface area contributed by atoms with Crippen LogP contribution in [0.5, 0.6) is 0 Å². The van der Waals surface area contributed by atoms with E-state index in [0.29, 0.717) is 12.5 Å². The van der Waals surface area contributed by atoms with Crippen LogP contribution in [0.2, 0.25) is 0 Å². The zero-order valence-corrected chi connectivity index (χ0v) is 16.5. The lowest BCUT2D eigenvalue weighted by molar-refractivity contribution is -0.120. The maximum Gasteiger partial charge on any atom is 0.227 e. The molecule has 0 unspecified atom stereocenters. The fourth-order valence-corrected chi connectivity index (χ4v) is 3.77. The summed E-state index contributed by atoms with van der Waals surface area (Å²) in [5, 5.41) is 3.04. The second kappa shape index (κ2) is 9.22. The minimum atomic E-state index is 0. The molecular formula is C20H24Cl2N4O. The normalized spacial score (nSPS) is 18.6. The van der Waals surface area contributed by atoms with Crippen LogP contribution in [0.15, 0.2) is 54.9 Å². The van der Waals surface area contributed by atoms with Crippen LogP contribution in [-0.4, -0.2) is 22.0 Å². The molecule has 5 nitrogen and oxygen atoms in total. The molecule has 1 aromatic heterocycles. The average molecular weight is 407 g/mol. The lowest BCUT2D eigenvalue weighted by Crippen LogP contribution is -2.29. The van der Waals surface area contributed by atoms with Crippen LogP contribution in [0.3, 0.4) is 0 Å². The van der Waals surface area contributed by atoms with Gasteiger partial charge in [0.25, 0.3) is 0 Å². The van der Waals surface area contributed by atoms with E-state index in [1.54, 1.807) is 0 Å². The third kappa shape index (κ3) is 4.26. The average Bonchev–Trinajstić information content (AvgIpc) is 3.29. The highest BCUT2D eigenvalue weighted by Crippen LogP contribution is 2.32. The third-order valence-electron chi connectivity index (χ3n) is 5.17. The van der Waals surface area contributed by atoms with Gasteiger partial charge in [0.15, 0.2) is 0 Å². The van der Waals surface area contributed by atoms with Crippen LogP contribution in [0.1, 0.15) is 19.3 Å². The summed E-state index contributed by atoms with van der Waals surface area (Å²) in [4.78, 5) is 16.9. The molecule has 2 aromatic carbocycles. The lowest BCUT2D eigenvalue weighted by atomic mass is 9.95. The first-order chi connectivity index (χ1) is 12.3. The summed E-state index contributed by atoms with van der Waals surface area (Å²) < 4.78 is 2.04. The number of nitrogens with two attached hydrogens (primary N) is 1. The van der Waals surface area contributed by atoms with E-state index in [-0.39, 0.29) is 36.6 Å². The van der Waals surface area contributed by atoms with Crippen LogP contribution in [0.4, 0.5) is 5.69 Å². The fourth-order valence-electron chi connectivity index (χ4n) is 3.77. The zero-order chi connectivity index (χ0) is 17.2. The van der Waals surface area contributed by atoms with E-state index < -0.39 is 0 Å². The van der Waals surface area contributed by atoms with Gasteiger partial charge < -0.3 is 11.1 Å².